The standard InChI is InChI=1S/C20H16Cl2N2O5/c1-10(2)16(23-17(25)14-8-7-11(21)9-15(14)22)20(28)29-24-18(26)12-5-3-4-6-13(12)19(24)27/h3-10,16H,1-2H3,(H,23,25). The first-order valence-corrected chi connectivity index (χ1v) is 9.42. The predicted molar refractivity (Wildman–Crippen MR) is 106 cm³/mol. The Morgan fingerprint density at radius 1 is 1.00 bits per heavy atom. The Bertz CT molecular complexity index is 987. The van der Waals surface area contributed by atoms with E-state index in [1.807, 2.05) is 0 Å². The van der Waals surface area contributed by atoms with Crippen LogP contribution in [0.2, 0.25) is 10.0 Å². The molecule has 1 aliphatic rings. The summed E-state index contributed by atoms with van der Waals surface area (Å²) in [5.41, 5.74) is 0.405. The summed E-state index contributed by atoms with van der Waals surface area (Å²) in [6.07, 6.45) is 0. The van der Waals surface area contributed by atoms with E-state index >= 15 is 0 Å². The number of hydrogen-bond acceptors (Lipinski definition) is 5. The average molecular weight is 435 g/mol. The number of rotatable bonds is 5. The molecule has 0 spiro atoms. The van der Waals surface area contributed by atoms with Gasteiger partial charge in [-0.3, -0.25) is 14.4 Å². The third kappa shape index (κ3) is 4.11. The zero-order valence-electron chi connectivity index (χ0n) is 15.4. The van der Waals surface area contributed by atoms with Gasteiger partial charge in [0, 0.05) is 5.02 Å². The van der Waals surface area contributed by atoms with E-state index in [1.54, 1.807) is 26.0 Å². The summed E-state index contributed by atoms with van der Waals surface area (Å²) in [6, 6.07) is 9.32. The topological polar surface area (TPSA) is 92.8 Å². The molecule has 0 radical (unpaired) electrons. The Kier molecular flexibility index (Phi) is 5.91. The highest BCUT2D eigenvalue weighted by Crippen LogP contribution is 2.24. The van der Waals surface area contributed by atoms with E-state index in [0.29, 0.717) is 10.1 Å². The molecular weight excluding hydrogens is 419 g/mol. The number of carbonyl (C=O) groups excluding carboxylic acids is 4. The zero-order chi connectivity index (χ0) is 21.3. The summed E-state index contributed by atoms with van der Waals surface area (Å²) in [5, 5.41) is 3.41. The summed E-state index contributed by atoms with van der Waals surface area (Å²) >= 11 is 11.9. The smallest absolute Gasteiger partial charge is 0.338 e. The van der Waals surface area contributed by atoms with Crippen LogP contribution in [0.15, 0.2) is 42.5 Å². The Balaban J connectivity index is 1.76. The van der Waals surface area contributed by atoms with Crippen molar-refractivity contribution in [3.63, 3.8) is 0 Å². The lowest BCUT2D eigenvalue weighted by atomic mass is 10.0. The minimum atomic E-state index is -1.13. The van der Waals surface area contributed by atoms with Crippen molar-refractivity contribution in [1.82, 2.24) is 10.4 Å². The molecule has 1 atom stereocenters. The zero-order valence-corrected chi connectivity index (χ0v) is 17.0. The van der Waals surface area contributed by atoms with Crippen LogP contribution in [0.5, 0.6) is 0 Å². The number of nitrogens with one attached hydrogen (secondary N) is 1. The highest BCUT2D eigenvalue weighted by molar-refractivity contribution is 6.36. The van der Waals surface area contributed by atoms with Crippen LogP contribution in [-0.2, 0) is 9.63 Å². The second-order valence-corrected chi connectivity index (χ2v) is 7.52. The molecule has 0 aliphatic carbocycles. The second kappa shape index (κ2) is 8.23. The van der Waals surface area contributed by atoms with E-state index in [4.69, 9.17) is 28.0 Å². The van der Waals surface area contributed by atoms with E-state index in [9.17, 15) is 19.2 Å². The van der Waals surface area contributed by atoms with Crippen LogP contribution in [0.1, 0.15) is 44.9 Å². The lowest BCUT2D eigenvalue weighted by Crippen LogP contribution is -2.48. The normalized spacial score (nSPS) is 14.0. The highest BCUT2D eigenvalue weighted by atomic mass is 35.5. The molecule has 0 saturated heterocycles. The number of carbonyl (C=O) groups is 4. The molecule has 3 amide bonds. The second-order valence-electron chi connectivity index (χ2n) is 6.68. The van der Waals surface area contributed by atoms with Gasteiger partial charge < -0.3 is 10.2 Å². The van der Waals surface area contributed by atoms with Gasteiger partial charge in [-0.05, 0) is 36.2 Å². The quantitative estimate of drug-likeness (QED) is 0.726. The molecule has 0 bridgehead atoms. The van der Waals surface area contributed by atoms with Crippen LogP contribution in [0.25, 0.3) is 0 Å². The van der Waals surface area contributed by atoms with Crippen LogP contribution in [-0.4, -0.2) is 34.8 Å². The van der Waals surface area contributed by atoms with Gasteiger partial charge in [0.05, 0.1) is 21.7 Å². The van der Waals surface area contributed by atoms with Crippen molar-refractivity contribution < 1.29 is 24.0 Å². The first kappa shape index (κ1) is 20.8. The Hall–Kier alpha value is -2.90. The van der Waals surface area contributed by atoms with Crippen LogP contribution in [0.3, 0.4) is 0 Å². The first-order chi connectivity index (χ1) is 13.7. The van der Waals surface area contributed by atoms with Crippen LogP contribution >= 0.6 is 23.2 Å². The molecule has 1 heterocycles. The van der Waals surface area contributed by atoms with E-state index in [1.165, 1.54) is 30.3 Å². The predicted octanol–water partition coefficient (Wildman–Crippen LogP) is 3.50. The molecule has 0 fully saturated rings. The number of imide groups is 1. The lowest BCUT2D eigenvalue weighted by Gasteiger charge is -2.23. The molecule has 1 aliphatic heterocycles. The number of hydroxylamine groups is 2. The van der Waals surface area contributed by atoms with Gasteiger partial charge in [0.1, 0.15) is 6.04 Å². The van der Waals surface area contributed by atoms with E-state index in [-0.39, 0.29) is 21.7 Å². The molecule has 9 heteroatoms. The summed E-state index contributed by atoms with van der Waals surface area (Å²) < 4.78 is 0. The third-order valence-electron chi connectivity index (χ3n) is 4.32. The van der Waals surface area contributed by atoms with Gasteiger partial charge in [-0.1, -0.05) is 54.2 Å². The first-order valence-electron chi connectivity index (χ1n) is 8.66. The fourth-order valence-corrected chi connectivity index (χ4v) is 3.28. The van der Waals surface area contributed by atoms with Gasteiger partial charge >= 0.3 is 5.97 Å². The maximum Gasteiger partial charge on any atom is 0.355 e. The van der Waals surface area contributed by atoms with Gasteiger partial charge in [0.15, 0.2) is 0 Å². The molecule has 0 aromatic heterocycles. The monoisotopic (exact) mass is 434 g/mol. The largest absolute Gasteiger partial charge is 0.355 e. The molecule has 2 aromatic carbocycles. The molecule has 1 unspecified atom stereocenters. The van der Waals surface area contributed by atoms with Gasteiger partial charge in [-0.2, -0.15) is 0 Å². The Morgan fingerprint density at radius 3 is 2.10 bits per heavy atom. The number of benzene rings is 2. The summed E-state index contributed by atoms with van der Waals surface area (Å²) in [7, 11) is 0. The average Bonchev–Trinajstić information content (AvgIpc) is 2.90. The van der Waals surface area contributed by atoms with Crippen LogP contribution in [0.4, 0.5) is 0 Å². The highest BCUT2D eigenvalue weighted by Gasteiger charge is 2.40. The molecule has 29 heavy (non-hydrogen) atoms. The minimum absolute atomic E-state index is 0.117. The van der Waals surface area contributed by atoms with Gasteiger partial charge in [0.2, 0.25) is 0 Å². The molecule has 2 aromatic rings. The molecule has 0 saturated carbocycles. The maximum atomic E-state index is 12.7. The van der Waals surface area contributed by atoms with E-state index in [0.717, 1.165) is 0 Å². The summed E-state index contributed by atoms with van der Waals surface area (Å²) in [6.45, 7) is 3.36. The van der Waals surface area contributed by atoms with Crippen molar-refractivity contribution in [1.29, 1.82) is 0 Å². The molecular formula is C20H16Cl2N2O5. The minimum Gasteiger partial charge on any atom is -0.338 e. The summed E-state index contributed by atoms with van der Waals surface area (Å²) in [4.78, 5) is 55.0. The maximum absolute atomic E-state index is 12.7. The van der Waals surface area contributed by atoms with Crippen molar-refractivity contribution in [3.05, 3.63) is 69.2 Å². The van der Waals surface area contributed by atoms with Gasteiger partial charge in [-0.25, -0.2) is 4.79 Å². The van der Waals surface area contributed by atoms with Crippen molar-refractivity contribution in [2.24, 2.45) is 5.92 Å². The number of amides is 3. The fraction of sp³-hybridized carbons (Fsp3) is 0.200. The summed E-state index contributed by atoms with van der Waals surface area (Å²) in [5.74, 6) is -3.45. The van der Waals surface area contributed by atoms with E-state index in [2.05, 4.69) is 5.32 Å². The fourth-order valence-electron chi connectivity index (χ4n) is 2.79. The molecule has 150 valence electrons. The number of halogens is 2. The van der Waals surface area contributed by atoms with Crippen molar-refractivity contribution >= 4 is 46.9 Å². The molecule has 1 N–H and O–H groups in total. The Morgan fingerprint density at radius 2 is 1.59 bits per heavy atom. The third-order valence-corrected chi connectivity index (χ3v) is 4.87. The van der Waals surface area contributed by atoms with Crippen LogP contribution in [0, 0.1) is 5.92 Å². The molecule has 7 nitrogen and oxygen atoms in total. The number of fused-ring (bicyclic) bond motifs is 1. The van der Waals surface area contributed by atoms with E-state index < -0.39 is 35.7 Å². The number of hydrogen-bond donors (Lipinski definition) is 1. The Labute approximate surface area is 176 Å². The van der Waals surface area contributed by atoms with Crippen LogP contribution < -0.4 is 5.32 Å². The lowest BCUT2D eigenvalue weighted by molar-refractivity contribution is -0.172. The van der Waals surface area contributed by atoms with Gasteiger partial charge in [0.25, 0.3) is 17.7 Å². The molecule has 3 rings (SSSR count). The van der Waals surface area contributed by atoms with Crippen molar-refractivity contribution in [2.45, 2.75) is 19.9 Å². The SMILES string of the molecule is CC(C)C(NC(=O)c1ccc(Cl)cc1Cl)C(=O)ON1C(=O)c2ccccc2C1=O. The van der Waals surface area contributed by atoms with Gasteiger partial charge in [-0.15, -0.1) is 0 Å². The van der Waals surface area contributed by atoms with Crippen molar-refractivity contribution in [2.75, 3.05) is 0 Å². The number of nitrogens with zero attached hydrogens (tertiary/aromatic N) is 1. The van der Waals surface area contributed by atoms with Crippen molar-refractivity contribution in [3.8, 4) is 0 Å².